The highest BCUT2D eigenvalue weighted by Crippen LogP contribution is 2.40. The minimum absolute atomic E-state index is 0.190. The van der Waals surface area contributed by atoms with Crippen LogP contribution in [0.5, 0.6) is 0 Å². The van der Waals surface area contributed by atoms with Crippen LogP contribution in [0.1, 0.15) is 38.3 Å². The Morgan fingerprint density at radius 2 is 1.50 bits per heavy atom. The zero-order valence-electron chi connectivity index (χ0n) is 11.7. The lowest BCUT2D eigenvalue weighted by molar-refractivity contribution is -0.0728. The molecule has 22 heavy (non-hydrogen) atoms. The van der Waals surface area contributed by atoms with Gasteiger partial charge in [0.1, 0.15) is 0 Å². The largest absolute Gasteiger partial charge is 0.366 e. The van der Waals surface area contributed by atoms with Crippen molar-refractivity contribution < 1.29 is 14.7 Å². The predicted octanol–water partition coefficient (Wildman–Crippen LogP) is 2.54. The van der Waals surface area contributed by atoms with Gasteiger partial charge in [-0.15, -0.1) is 0 Å². The highest BCUT2D eigenvalue weighted by Gasteiger charge is 2.49. The molecule has 0 bridgehead atoms. The number of amides is 2. The van der Waals surface area contributed by atoms with Crippen molar-refractivity contribution in [1.82, 2.24) is 4.90 Å². The normalized spacial score (nSPS) is 22.7. The van der Waals surface area contributed by atoms with E-state index < -0.39 is 17.5 Å². The lowest BCUT2D eigenvalue weighted by Gasteiger charge is -2.38. The Hall–Kier alpha value is -2.72. The highest BCUT2D eigenvalue weighted by molar-refractivity contribution is 6.21. The molecule has 0 saturated heterocycles. The van der Waals surface area contributed by atoms with Gasteiger partial charge in [-0.1, -0.05) is 48.6 Å². The van der Waals surface area contributed by atoms with Gasteiger partial charge >= 0.3 is 0 Å². The molecule has 0 unspecified atom stereocenters. The minimum atomic E-state index is -1.64. The first kappa shape index (κ1) is 13.0. The number of nitrogens with zero attached hydrogens (tertiary/aromatic N) is 1. The van der Waals surface area contributed by atoms with Crippen molar-refractivity contribution in [1.29, 1.82) is 0 Å². The summed E-state index contributed by atoms with van der Waals surface area (Å²) in [5, 5.41) is 11.2. The van der Waals surface area contributed by atoms with Crippen LogP contribution >= 0.6 is 0 Å². The summed E-state index contributed by atoms with van der Waals surface area (Å²) in [6.45, 7) is 0. The lowest BCUT2D eigenvalue weighted by Crippen LogP contribution is -2.50. The number of benzene rings is 2. The standard InChI is InChI=1S/C18H13NO3/c20-16-13-8-2-3-9-14(13)17(21)19(16)18(22)11-5-7-12-6-1-4-10-15(12)18/h1-10,22H,11H2/t18-/m1/s1. The number of carbonyl (C=O) groups excluding carboxylic acids is 2. The zero-order valence-corrected chi connectivity index (χ0v) is 11.7. The molecule has 0 fully saturated rings. The molecule has 1 N–H and O–H groups in total. The third kappa shape index (κ3) is 1.55. The molecule has 0 spiro atoms. The average Bonchev–Trinajstić information content (AvgIpc) is 2.80. The smallest absolute Gasteiger partial charge is 0.264 e. The summed E-state index contributed by atoms with van der Waals surface area (Å²) in [5.41, 5.74) is 0.430. The third-order valence-electron chi connectivity index (χ3n) is 4.26. The van der Waals surface area contributed by atoms with E-state index in [4.69, 9.17) is 0 Å². The molecule has 4 rings (SSSR count). The molecule has 1 aliphatic carbocycles. The van der Waals surface area contributed by atoms with E-state index in [1.807, 2.05) is 18.2 Å². The fourth-order valence-electron chi connectivity index (χ4n) is 3.20. The molecular weight excluding hydrogens is 278 g/mol. The maximum atomic E-state index is 12.6. The van der Waals surface area contributed by atoms with E-state index in [0.717, 1.165) is 10.5 Å². The Morgan fingerprint density at radius 1 is 0.909 bits per heavy atom. The van der Waals surface area contributed by atoms with Crippen molar-refractivity contribution in [3.63, 3.8) is 0 Å². The molecule has 0 aromatic heterocycles. The van der Waals surface area contributed by atoms with E-state index in [1.54, 1.807) is 42.5 Å². The van der Waals surface area contributed by atoms with Crippen molar-refractivity contribution in [2.24, 2.45) is 0 Å². The van der Waals surface area contributed by atoms with E-state index in [-0.39, 0.29) is 6.42 Å². The van der Waals surface area contributed by atoms with Gasteiger partial charge in [0, 0.05) is 12.0 Å². The Kier molecular flexibility index (Phi) is 2.59. The number of carbonyl (C=O) groups is 2. The second-order valence-corrected chi connectivity index (χ2v) is 5.50. The fraction of sp³-hybridized carbons (Fsp3) is 0.111. The quantitative estimate of drug-likeness (QED) is 0.821. The summed E-state index contributed by atoms with van der Waals surface area (Å²) in [6, 6.07) is 13.9. The van der Waals surface area contributed by atoms with E-state index in [1.165, 1.54) is 0 Å². The second-order valence-electron chi connectivity index (χ2n) is 5.50. The number of hydrogen-bond acceptors (Lipinski definition) is 3. The topological polar surface area (TPSA) is 57.6 Å². The van der Waals surface area contributed by atoms with Crippen molar-refractivity contribution in [2.45, 2.75) is 12.1 Å². The molecule has 0 radical (unpaired) electrons. The molecule has 1 atom stereocenters. The molecule has 1 heterocycles. The maximum Gasteiger partial charge on any atom is 0.264 e. The third-order valence-corrected chi connectivity index (χ3v) is 4.26. The summed E-state index contributed by atoms with van der Waals surface area (Å²) >= 11 is 0. The van der Waals surface area contributed by atoms with Crippen LogP contribution in [0.3, 0.4) is 0 Å². The van der Waals surface area contributed by atoms with E-state index >= 15 is 0 Å². The first-order chi connectivity index (χ1) is 10.6. The molecule has 2 aliphatic rings. The van der Waals surface area contributed by atoms with Gasteiger partial charge in [0.05, 0.1) is 11.1 Å². The molecule has 2 aromatic carbocycles. The van der Waals surface area contributed by atoms with E-state index in [0.29, 0.717) is 16.7 Å². The Balaban J connectivity index is 1.89. The van der Waals surface area contributed by atoms with E-state index in [2.05, 4.69) is 0 Å². The van der Waals surface area contributed by atoms with Gasteiger partial charge in [0.15, 0.2) is 5.72 Å². The second kappa shape index (κ2) is 4.39. The van der Waals surface area contributed by atoms with Crippen LogP contribution in [0.25, 0.3) is 6.08 Å². The summed E-state index contributed by atoms with van der Waals surface area (Å²) in [7, 11) is 0. The predicted molar refractivity (Wildman–Crippen MR) is 80.9 cm³/mol. The Bertz CT molecular complexity index is 805. The summed E-state index contributed by atoms with van der Waals surface area (Å²) in [5.74, 6) is -0.901. The molecule has 2 aromatic rings. The highest BCUT2D eigenvalue weighted by atomic mass is 16.3. The van der Waals surface area contributed by atoms with Gasteiger partial charge in [0.25, 0.3) is 11.8 Å². The molecule has 2 amide bonds. The van der Waals surface area contributed by atoms with Crippen LogP contribution in [0.4, 0.5) is 0 Å². The van der Waals surface area contributed by atoms with Gasteiger partial charge in [-0.2, -0.15) is 0 Å². The first-order valence-electron chi connectivity index (χ1n) is 7.09. The Morgan fingerprint density at radius 3 is 2.18 bits per heavy atom. The van der Waals surface area contributed by atoms with Gasteiger partial charge in [-0.05, 0) is 17.7 Å². The van der Waals surface area contributed by atoms with Gasteiger partial charge in [-0.3, -0.25) is 9.59 Å². The molecular formula is C18H13NO3. The first-order valence-corrected chi connectivity index (χ1v) is 7.09. The van der Waals surface area contributed by atoms with Crippen LogP contribution < -0.4 is 0 Å². The van der Waals surface area contributed by atoms with Crippen LogP contribution in [0.15, 0.2) is 54.6 Å². The molecule has 108 valence electrons. The number of rotatable bonds is 1. The SMILES string of the molecule is O=C1c2ccccc2C(=O)N1[C@@]1(O)CC=Cc2ccccc21. The van der Waals surface area contributed by atoms with Gasteiger partial charge < -0.3 is 5.11 Å². The lowest BCUT2D eigenvalue weighted by atomic mass is 9.88. The fourth-order valence-corrected chi connectivity index (χ4v) is 3.20. The van der Waals surface area contributed by atoms with Gasteiger partial charge in [0.2, 0.25) is 0 Å². The summed E-state index contributed by atoms with van der Waals surface area (Å²) in [4.78, 5) is 26.3. The number of aliphatic hydroxyl groups is 1. The number of imide groups is 1. The molecule has 1 aliphatic heterocycles. The van der Waals surface area contributed by atoms with E-state index in [9.17, 15) is 14.7 Å². The van der Waals surface area contributed by atoms with Crippen molar-refractivity contribution in [2.75, 3.05) is 0 Å². The number of hydrogen-bond donors (Lipinski definition) is 1. The van der Waals surface area contributed by atoms with Crippen LogP contribution in [-0.2, 0) is 5.72 Å². The maximum absolute atomic E-state index is 12.6. The van der Waals surface area contributed by atoms with Crippen molar-refractivity contribution in [3.05, 3.63) is 76.9 Å². The summed E-state index contributed by atoms with van der Waals surface area (Å²) in [6.07, 6.45) is 3.86. The van der Waals surface area contributed by atoms with Crippen LogP contribution in [0.2, 0.25) is 0 Å². The van der Waals surface area contributed by atoms with Crippen molar-refractivity contribution in [3.8, 4) is 0 Å². The monoisotopic (exact) mass is 291 g/mol. The minimum Gasteiger partial charge on any atom is -0.366 e. The summed E-state index contributed by atoms with van der Waals surface area (Å²) < 4.78 is 0. The van der Waals surface area contributed by atoms with Gasteiger partial charge in [-0.25, -0.2) is 4.90 Å². The van der Waals surface area contributed by atoms with Crippen molar-refractivity contribution >= 4 is 17.9 Å². The average molecular weight is 291 g/mol. The van der Waals surface area contributed by atoms with Crippen LogP contribution in [0, 0.1) is 0 Å². The molecule has 4 nitrogen and oxygen atoms in total. The molecule has 4 heteroatoms. The Labute approximate surface area is 127 Å². The molecule has 0 saturated carbocycles. The number of fused-ring (bicyclic) bond motifs is 2. The van der Waals surface area contributed by atoms with Crippen LogP contribution in [-0.4, -0.2) is 21.8 Å². The zero-order chi connectivity index (χ0) is 15.3.